The van der Waals surface area contributed by atoms with E-state index in [0.717, 1.165) is 0 Å². The van der Waals surface area contributed by atoms with E-state index in [1.54, 1.807) is 0 Å². The van der Waals surface area contributed by atoms with Gasteiger partial charge in [0.1, 0.15) is 0 Å². The third-order valence-electron chi connectivity index (χ3n) is 5.33. The van der Waals surface area contributed by atoms with Crippen LogP contribution in [0.5, 0.6) is 0 Å². The van der Waals surface area contributed by atoms with Crippen molar-refractivity contribution in [3.05, 3.63) is 0 Å². The quantitative estimate of drug-likeness (QED) is 0.783. The highest BCUT2D eigenvalue weighted by Gasteiger charge is 2.50. The van der Waals surface area contributed by atoms with Crippen molar-refractivity contribution in [2.45, 2.75) is 57.5 Å². The van der Waals surface area contributed by atoms with Gasteiger partial charge in [0, 0.05) is 11.6 Å². The van der Waals surface area contributed by atoms with Crippen LogP contribution in [0.15, 0.2) is 0 Å². The number of amides is 1. The normalized spacial score (nSPS) is 40.6. The van der Waals surface area contributed by atoms with Crippen molar-refractivity contribution in [2.75, 3.05) is 0 Å². The zero-order valence-electron chi connectivity index (χ0n) is 10.9. The van der Waals surface area contributed by atoms with Gasteiger partial charge in [0.25, 0.3) is 0 Å². The Hall–Kier alpha value is -0.570. The van der Waals surface area contributed by atoms with Crippen molar-refractivity contribution in [3.63, 3.8) is 0 Å². The molecule has 3 saturated carbocycles. The summed E-state index contributed by atoms with van der Waals surface area (Å²) in [4.78, 5) is 12.4. The average molecular weight is 236 g/mol. The highest BCUT2D eigenvalue weighted by Crippen LogP contribution is 2.48. The first-order chi connectivity index (χ1) is 7.99. The van der Waals surface area contributed by atoms with Gasteiger partial charge in [0.05, 0.1) is 5.92 Å². The van der Waals surface area contributed by atoms with E-state index in [1.165, 1.54) is 32.1 Å². The molecule has 0 aromatic rings. The largest absolute Gasteiger partial charge is 0.351 e. The van der Waals surface area contributed by atoms with Gasteiger partial charge in [-0.25, -0.2) is 0 Å². The fourth-order valence-corrected chi connectivity index (χ4v) is 4.03. The van der Waals surface area contributed by atoms with E-state index in [1.807, 2.05) is 0 Å². The molecule has 3 rings (SSSR count). The molecule has 4 atom stereocenters. The topological polar surface area (TPSA) is 55.1 Å². The van der Waals surface area contributed by atoms with E-state index in [4.69, 9.17) is 5.73 Å². The first-order valence-electron chi connectivity index (χ1n) is 7.06. The van der Waals surface area contributed by atoms with Gasteiger partial charge < -0.3 is 11.1 Å². The summed E-state index contributed by atoms with van der Waals surface area (Å²) in [6.07, 6.45) is 6.15. The molecule has 0 aromatic heterocycles. The Kier molecular flexibility index (Phi) is 2.51. The zero-order valence-corrected chi connectivity index (χ0v) is 10.9. The van der Waals surface area contributed by atoms with E-state index >= 15 is 0 Å². The fraction of sp³-hybridized carbons (Fsp3) is 0.929. The second kappa shape index (κ2) is 3.71. The summed E-state index contributed by atoms with van der Waals surface area (Å²) in [6, 6.07) is 0.115. The summed E-state index contributed by atoms with van der Waals surface area (Å²) >= 11 is 0. The van der Waals surface area contributed by atoms with Gasteiger partial charge in [0.15, 0.2) is 0 Å². The first-order valence-corrected chi connectivity index (χ1v) is 7.06. The van der Waals surface area contributed by atoms with E-state index in [0.29, 0.717) is 17.8 Å². The number of nitrogens with two attached hydrogens (primary N) is 1. The number of carbonyl (C=O) groups is 1. The summed E-state index contributed by atoms with van der Waals surface area (Å²) in [5, 5.41) is 3.26. The van der Waals surface area contributed by atoms with Gasteiger partial charge in [-0.15, -0.1) is 0 Å². The standard InChI is InChI=1S/C14H24N2O/c1-14(2,10-5-6-10)16-13(17)11-8-3-4-9(7-8)12(11)15/h8-12H,3-7,15H2,1-2H3,(H,16,17). The molecular weight excluding hydrogens is 212 g/mol. The number of fused-ring (bicyclic) bond motifs is 2. The SMILES string of the molecule is CC(C)(NC(=O)C1C2CCC(C2)C1N)C1CC1. The predicted molar refractivity (Wildman–Crippen MR) is 67.2 cm³/mol. The van der Waals surface area contributed by atoms with E-state index in [2.05, 4.69) is 19.2 Å². The molecule has 3 fully saturated rings. The van der Waals surface area contributed by atoms with Crippen molar-refractivity contribution in [2.24, 2.45) is 29.4 Å². The minimum Gasteiger partial charge on any atom is -0.351 e. The van der Waals surface area contributed by atoms with Gasteiger partial charge in [-0.05, 0) is 63.7 Å². The third kappa shape index (κ3) is 1.88. The molecule has 3 nitrogen and oxygen atoms in total. The molecule has 1 amide bonds. The minimum atomic E-state index is -0.0291. The van der Waals surface area contributed by atoms with Crippen molar-refractivity contribution in [3.8, 4) is 0 Å². The Labute approximate surface area is 104 Å². The maximum atomic E-state index is 12.4. The molecule has 3 aliphatic rings. The molecule has 17 heavy (non-hydrogen) atoms. The Balaban J connectivity index is 1.66. The predicted octanol–water partition coefficient (Wildman–Crippen LogP) is 1.66. The molecular formula is C14H24N2O. The Morgan fingerprint density at radius 2 is 1.82 bits per heavy atom. The number of hydrogen-bond acceptors (Lipinski definition) is 2. The monoisotopic (exact) mass is 236 g/mol. The Bertz CT molecular complexity index is 333. The molecule has 3 N–H and O–H groups in total. The maximum absolute atomic E-state index is 12.4. The van der Waals surface area contributed by atoms with Crippen LogP contribution in [0.1, 0.15) is 46.0 Å². The second-order valence-electron chi connectivity index (χ2n) is 6.92. The molecule has 96 valence electrons. The molecule has 0 aromatic carbocycles. The molecule has 0 saturated heterocycles. The molecule has 4 unspecified atom stereocenters. The van der Waals surface area contributed by atoms with Crippen molar-refractivity contribution < 1.29 is 4.79 Å². The Morgan fingerprint density at radius 1 is 1.18 bits per heavy atom. The molecule has 0 aliphatic heterocycles. The lowest BCUT2D eigenvalue weighted by Gasteiger charge is -2.32. The van der Waals surface area contributed by atoms with Crippen LogP contribution in [0.2, 0.25) is 0 Å². The van der Waals surface area contributed by atoms with Crippen LogP contribution >= 0.6 is 0 Å². The summed E-state index contributed by atoms with van der Waals surface area (Å²) in [5.74, 6) is 2.17. The Morgan fingerprint density at radius 3 is 2.35 bits per heavy atom. The maximum Gasteiger partial charge on any atom is 0.225 e. The van der Waals surface area contributed by atoms with Crippen LogP contribution in [0, 0.1) is 23.7 Å². The van der Waals surface area contributed by atoms with Crippen LogP contribution < -0.4 is 11.1 Å². The summed E-state index contributed by atoms with van der Waals surface area (Å²) in [6.45, 7) is 4.31. The molecule has 0 spiro atoms. The van der Waals surface area contributed by atoms with Crippen LogP contribution in [-0.4, -0.2) is 17.5 Å². The summed E-state index contributed by atoms with van der Waals surface area (Å²) in [7, 11) is 0. The number of rotatable bonds is 3. The third-order valence-corrected chi connectivity index (χ3v) is 5.33. The number of carbonyl (C=O) groups excluding carboxylic acids is 1. The van der Waals surface area contributed by atoms with Gasteiger partial charge >= 0.3 is 0 Å². The molecule has 0 heterocycles. The number of nitrogens with one attached hydrogen (secondary N) is 1. The van der Waals surface area contributed by atoms with Gasteiger partial charge in [0.2, 0.25) is 5.91 Å². The molecule has 0 radical (unpaired) electrons. The molecule has 3 heteroatoms. The van der Waals surface area contributed by atoms with Gasteiger partial charge in [-0.3, -0.25) is 4.79 Å². The van der Waals surface area contributed by atoms with Crippen molar-refractivity contribution in [1.29, 1.82) is 0 Å². The number of hydrogen-bond donors (Lipinski definition) is 2. The molecule has 2 bridgehead atoms. The molecule has 3 aliphatic carbocycles. The lowest BCUT2D eigenvalue weighted by atomic mass is 9.83. The fourth-order valence-electron chi connectivity index (χ4n) is 4.03. The van der Waals surface area contributed by atoms with E-state index in [9.17, 15) is 4.79 Å². The average Bonchev–Trinajstić information content (AvgIpc) is 2.93. The van der Waals surface area contributed by atoms with Gasteiger partial charge in [-0.2, -0.15) is 0 Å². The van der Waals surface area contributed by atoms with Crippen LogP contribution in [-0.2, 0) is 4.79 Å². The second-order valence-corrected chi connectivity index (χ2v) is 6.92. The van der Waals surface area contributed by atoms with Crippen LogP contribution in [0.3, 0.4) is 0 Å². The summed E-state index contributed by atoms with van der Waals surface area (Å²) in [5.41, 5.74) is 6.19. The van der Waals surface area contributed by atoms with Crippen molar-refractivity contribution in [1.82, 2.24) is 5.32 Å². The van der Waals surface area contributed by atoms with Crippen LogP contribution in [0.4, 0.5) is 0 Å². The summed E-state index contributed by atoms with van der Waals surface area (Å²) < 4.78 is 0. The lowest BCUT2D eigenvalue weighted by Crippen LogP contribution is -2.52. The smallest absolute Gasteiger partial charge is 0.225 e. The van der Waals surface area contributed by atoms with E-state index < -0.39 is 0 Å². The minimum absolute atomic E-state index is 0.0291. The lowest BCUT2D eigenvalue weighted by molar-refractivity contribution is -0.128. The zero-order chi connectivity index (χ0) is 12.2. The van der Waals surface area contributed by atoms with E-state index in [-0.39, 0.29) is 23.4 Å². The van der Waals surface area contributed by atoms with Crippen molar-refractivity contribution >= 4 is 5.91 Å². The highest BCUT2D eigenvalue weighted by atomic mass is 16.2. The highest BCUT2D eigenvalue weighted by molar-refractivity contribution is 5.81. The van der Waals surface area contributed by atoms with Crippen LogP contribution in [0.25, 0.3) is 0 Å². The van der Waals surface area contributed by atoms with Gasteiger partial charge in [-0.1, -0.05) is 0 Å². The first kappa shape index (κ1) is 11.5.